The van der Waals surface area contributed by atoms with Gasteiger partial charge in [-0.15, -0.1) is 0 Å². The third kappa shape index (κ3) is 4.34. The lowest BCUT2D eigenvalue weighted by molar-refractivity contribution is 0.722. The van der Waals surface area contributed by atoms with Crippen molar-refractivity contribution >= 4 is 29.1 Å². The first-order valence-corrected chi connectivity index (χ1v) is 8.13. The SMILES string of the molecule is CCCN(CCC)c1nccc(Nc2ccc(C)c(Cl)c2)n1. The predicted octanol–water partition coefficient (Wildman–Crippen LogP) is 4.81. The number of nitrogens with zero attached hydrogens (tertiary/aromatic N) is 3. The molecule has 1 N–H and O–H groups in total. The van der Waals surface area contributed by atoms with Crippen LogP contribution >= 0.6 is 11.6 Å². The van der Waals surface area contributed by atoms with Crippen LogP contribution in [0.3, 0.4) is 0 Å². The molecule has 1 aromatic carbocycles. The molecule has 2 aromatic rings. The van der Waals surface area contributed by atoms with Gasteiger partial charge in [-0.2, -0.15) is 4.98 Å². The average molecular weight is 319 g/mol. The molecule has 0 bridgehead atoms. The first kappa shape index (κ1) is 16.6. The smallest absolute Gasteiger partial charge is 0.227 e. The number of benzene rings is 1. The molecule has 5 heteroatoms. The highest BCUT2D eigenvalue weighted by Gasteiger charge is 2.08. The van der Waals surface area contributed by atoms with Crippen LogP contribution in [-0.2, 0) is 0 Å². The molecule has 0 unspecified atom stereocenters. The van der Waals surface area contributed by atoms with Gasteiger partial charge < -0.3 is 10.2 Å². The Morgan fingerprint density at radius 2 is 1.86 bits per heavy atom. The predicted molar refractivity (Wildman–Crippen MR) is 94.3 cm³/mol. The molecule has 0 aliphatic carbocycles. The average Bonchev–Trinajstić information content (AvgIpc) is 2.51. The van der Waals surface area contributed by atoms with E-state index in [1.807, 2.05) is 31.2 Å². The maximum absolute atomic E-state index is 6.16. The molecule has 0 radical (unpaired) electrons. The molecular formula is C17H23ClN4. The Labute approximate surface area is 137 Å². The molecule has 1 aromatic heterocycles. The molecule has 1 heterocycles. The van der Waals surface area contributed by atoms with Gasteiger partial charge >= 0.3 is 0 Å². The highest BCUT2D eigenvalue weighted by molar-refractivity contribution is 6.31. The number of aromatic nitrogens is 2. The van der Waals surface area contributed by atoms with E-state index in [4.69, 9.17) is 11.6 Å². The lowest BCUT2D eigenvalue weighted by Crippen LogP contribution is -2.26. The van der Waals surface area contributed by atoms with Crippen LogP contribution < -0.4 is 10.2 Å². The molecule has 0 amide bonds. The Kier molecular flexibility index (Phi) is 6.01. The van der Waals surface area contributed by atoms with Gasteiger partial charge in [-0.3, -0.25) is 0 Å². The van der Waals surface area contributed by atoms with Crippen LogP contribution in [0, 0.1) is 6.92 Å². The van der Waals surface area contributed by atoms with Crippen molar-refractivity contribution in [3.05, 3.63) is 41.0 Å². The third-order valence-corrected chi connectivity index (χ3v) is 3.76. The van der Waals surface area contributed by atoms with E-state index in [0.29, 0.717) is 0 Å². The van der Waals surface area contributed by atoms with Crippen molar-refractivity contribution in [1.82, 2.24) is 9.97 Å². The number of rotatable bonds is 7. The van der Waals surface area contributed by atoms with E-state index in [0.717, 1.165) is 54.0 Å². The molecule has 0 saturated heterocycles. The van der Waals surface area contributed by atoms with Crippen molar-refractivity contribution in [1.29, 1.82) is 0 Å². The van der Waals surface area contributed by atoms with Crippen LogP contribution in [0.25, 0.3) is 0 Å². The van der Waals surface area contributed by atoms with Gasteiger partial charge in [-0.1, -0.05) is 31.5 Å². The molecule has 0 aliphatic rings. The van der Waals surface area contributed by atoms with Gasteiger partial charge in [0.25, 0.3) is 0 Å². The van der Waals surface area contributed by atoms with Gasteiger partial charge in [0, 0.05) is 30.0 Å². The van der Waals surface area contributed by atoms with Crippen molar-refractivity contribution in [3.63, 3.8) is 0 Å². The number of hydrogen-bond acceptors (Lipinski definition) is 4. The van der Waals surface area contributed by atoms with Gasteiger partial charge in [0.15, 0.2) is 0 Å². The van der Waals surface area contributed by atoms with Crippen LogP contribution in [0.15, 0.2) is 30.5 Å². The molecule has 118 valence electrons. The summed E-state index contributed by atoms with van der Waals surface area (Å²) in [6, 6.07) is 7.77. The van der Waals surface area contributed by atoms with Crippen molar-refractivity contribution in [2.24, 2.45) is 0 Å². The van der Waals surface area contributed by atoms with Crippen LogP contribution in [0.5, 0.6) is 0 Å². The molecule has 22 heavy (non-hydrogen) atoms. The monoisotopic (exact) mass is 318 g/mol. The summed E-state index contributed by atoms with van der Waals surface area (Å²) >= 11 is 6.16. The summed E-state index contributed by atoms with van der Waals surface area (Å²) < 4.78 is 0. The minimum atomic E-state index is 0.748. The number of halogens is 1. The zero-order valence-electron chi connectivity index (χ0n) is 13.4. The second kappa shape index (κ2) is 7.99. The minimum absolute atomic E-state index is 0.748. The van der Waals surface area contributed by atoms with Crippen LogP contribution in [0.1, 0.15) is 32.3 Å². The summed E-state index contributed by atoms with van der Waals surface area (Å²) in [5.74, 6) is 1.55. The summed E-state index contributed by atoms with van der Waals surface area (Å²) in [4.78, 5) is 11.2. The summed E-state index contributed by atoms with van der Waals surface area (Å²) in [7, 11) is 0. The van der Waals surface area contributed by atoms with Gasteiger partial charge in [0.2, 0.25) is 5.95 Å². The fourth-order valence-electron chi connectivity index (χ4n) is 2.24. The van der Waals surface area contributed by atoms with E-state index in [1.165, 1.54) is 0 Å². The fraction of sp³-hybridized carbons (Fsp3) is 0.412. The Hall–Kier alpha value is -1.81. The Balaban J connectivity index is 2.18. The Morgan fingerprint density at radius 3 is 2.50 bits per heavy atom. The normalized spacial score (nSPS) is 10.5. The van der Waals surface area contributed by atoms with Gasteiger partial charge in [0.05, 0.1) is 0 Å². The van der Waals surface area contributed by atoms with E-state index in [2.05, 4.69) is 34.0 Å². The maximum atomic E-state index is 6.16. The lowest BCUT2D eigenvalue weighted by Gasteiger charge is -2.21. The topological polar surface area (TPSA) is 41.1 Å². The first-order chi connectivity index (χ1) is 10.6. The summed E-state index contributed by atoms with van der Waals surface area (Å²) in [5, 5.41) is 4.04. The highest BCUT2D eigenvalue weighted by Crippen LogP contribution is 2.23. The van der Waals surface area contributed by atoms with Crippen molar-refractivity contribution < 1.29 is 0 Å². The van der Waals surface area contributed by atoms with E-state index in [1.54, 1.807) is 6.20 Å². The van der Waals surface area contributed by atoms with Crippen molar-refractivity contribution in [2.75, 3.05) is 23.3 Å². The number of hydrogen-bond donors (Lipinski definition) is 1. The molecule has 0 aliphatic heterocycles. The van der Waals surface area contributed by atoms with E-state index >= 15 is 0 Å². The van der Waals surface area contributed by atoms with Gasteiger partial charge in [-0.25, -0.2) is 4.98 Å². The lowest BCUT2D eigenvalue weighted by atomic mass is 10.2. The van der Waals surface area contributed by atoms with Crippen molar-refractivity contribution in [3.8, 4) is 0 Å². The molecule has 0 atom stereocenters. The number of aryl methyl sites for hydroxylation is 1. The largest absolute Gasteiger partial charge is 0.341 e. The molecule has 2 rings (SSSR count). The Morgan fingerprint density at radius 1 is 1.14 bits per heavy atom. The van der Waals surface area contributed by atoms with Crippen LogP contribution in [0.2, 0.25) is 5.02 Å². The molecular weight excluding hydrogens is 296 g/mol. The molecule has 0 fully saturated rings. The standard InChI is InChI=1S/C17H23ClN4/c1-4-10-22(11-5-2)17-19-9-8-16(21-17)20-14-7-6-13(3)15(18)12-14/h6-9,12H,4-5,10-11H2,1-3H3,(H,19,20,21). The van der Waals surface area contributed by atoms with Gasteiger partial charge in [-0.05, 0) is 43.5 Å². The summed E-state index contributed by atoms with van der Waals surface area (Å²) in [6.45, 7) is 8.25. The first-order valence-electron chi connectivity index (χ1n) is 7.75. The quantitative estimate of drug-likeness (QED) is 0.795. The molecule has 4 nitrogen and oxygen atoms in total. The second-order valence-electron chi connectivity index (χ2n) is 5.32. The van der Waals surface area contributed by atoms with Crippen molar-refractivity contribution in [2.45, 2.75) is 33.6 Å². The number of anilines is 3. The van der Waals surface area contributed by atoms with Gasteiger partial charge in [0.1, 0.15) is 5.82 Å². The van der Waals surface area contributed by atoms with Crippen LogP contribution in [0.4, 0.5) is 17.5 Å². The fourth-order valence-corrected chi connectivity index (χ4v) is 2.42. The van der Waals surface area contributed by atoms with E-state index < -0.39 is 0 Å². The van der Waals surface area contributed by atoms with E-state index in [9.17, 15) is 0 Å². The minimum Gasteiger partial charge on any atom is -0.341 e. The van der Waals surface area contributed by atoms with E-state index in [-0.39, 0.29) is 0 Å². The maximum Gasteiger partial charge on any atom is 0.227 e. The van der Waals surface area contributed by atoms with Crippen LogP contribution in [-0.4, -0.2) is 23.1 Å². The third-order valence-electron chi connectivity index (χ3n) is 3.36. The molecule has 0 saturated carbocycles. The Bertz CT molecular complexity index is 609. The zero-order chi connectivity index (χ0) is 15.9. The number of nitrogens with one attached hydrogen (secondary N) is 1. The molecule has 0 spiro atoms. The second-order valence-corrected chi connectivity index (χ2v) is 5.73. The summed E-state index contributed by atoms with van der Waals surface area (Å²) in [6.07, 6.45) is 3.95. The zero-order valence-corrected chi connectivity index (χ0v) is 14.2. The summed E-state index contributed by atoms with van der Waals surface area (Å²) in [5.41, 5.74) is 1.99. The highest BCUT2D eigenvalue weighted by atomic mass is 35.5.